The highest BCUT2D eigenvalue weighted by atomic mass is 16.6. The Labute approximate surface area is 199 Å². The lowest BCUT2D eigenvalue weighted by molar-refractivity contribution is 0.0133. The zero-order valence-corrected chi connectivity index (χ0v) is 20.9. The molecule has 1 aromatic rings. The number of rotatable bonds is 6. The zero-order valence-electron chi connectivity index (χ0n) is 20.9. The van der Waals surface area contributed by atoms with Crippen LogP contribution in [0.3, 0.4) is 0 Å². The lowest BCUT2D eigenvalue weighted by atomic mass is 9.88. The van der Waals surface area contributed by atoms with Gasteiger partial charge in [0.05, 0.1) is 0 Å². The van der Waals surface area contributed by atoms with Crippen molar-refractivity contribution in [3.8, 4) is 0 Å². The molecule has 0 aliphatic carbocycles. The number of piperidine rings is 2. The summed E-state index contributed by atoms with van der Waals surface area (Å²) in [6.07, 6.45) is 5.11. The summed E-state index contributed by atoms with van der Waals surface area (Å²) in [6.45, 7) is 13.7. The number of hydrogen-bond donors (Lipinski definition) is 2. The van der Waals surface area contributed by atoms with Crippen molar-refractivity contribution < 1.29 is 14.3 Å². The van der Waals surface area contributed by atoms with Gasteiger partial charge in [-0.1, -0.05) is 19.1 Å². The van der Waals surface area contributed by atoms with Gasteiger partial charge in [-0.25, -0.2) is 9.80 Å². The highest BCUT2D eigenvalue weighted by Gasteiger charge is 2.25. The van der Waals surface area contributed by atoms with Crippen molar-refractivity contribution in [1.82, 2.24) is 20.7 Å². The normalized spacial score (nSPS) is 18.7. The van der Waals surface area contributed by atoms with Crippen molar-refractivity contribution in [1.29, 1.82) is 0 Å². The molecule has 0 aromatic heterocycles. The number of hydrogen-bond acceptors (Lipinski definition) is 5. The molecule has 184 valence electrons. The number of carbonyl (C=O) groups excluding carboxylic acids is 2. The van der Waals surface area contributed by atoms with Crippen molar-refractivity contribution in [3.63, 3.8) is 0 Å². The molecule has 7 heteroatoms. The van der Waals surface area contributed by atoms with Gasteiger partial charge in [0.15, 0.2) is 0 Å². The van der Waals surface area contributed by atoms with Crippen LogP contribution < -0.4 is 10.7 Å². The van der Waals surface area contributed by atoms with Gasteiger partial charge in [0, 0.05) is 18.7 Å². The number of benzene rings is 1. The summed E-state index contributed by atoms with van der Waals surface area (Å²) in [4.78, 5) is 27.8. The van der Waals surface area contributed by atoms with Crippen LogP contribution in [0.1, 0.15) is 81.6 Å². The first-order valence-corrected chi connectivity index (χ1v) is 12.6. The van der Waals surface area contributed by atoms with Gasteiger partial charge in [-0.05, 0) is 109 Å². The standard InChI is InChI=1S/C26H42N4O3/c1-5-16-30(25(32)33-26(2,3)4)28-24(31)23-8-6-21(7-9-23)22-12-17-29(18-13-22)19-20-10-14-27-15-11-20/h6-9,20,22,27H,5,10-19H2,1-4H3,(H,28,31). The molecule has 7 nitrogen and oxygen atoms in total. The fourth-order valence-electron chi connectivity index (χ4n) is 4.71. The number of nitrogens with one attached hydrogen (secondary N) is 2. The van der Waals surface area contributed by atoms with E-state index < -0.39 is 11.7 Å². The van der Waals surface area contributed by atoms with Crippen LogP contribution in [0.2, 0.25) is 0 Å². The fraction of sp³-hybridized carbons (Fsp3) is 0.692. The van der Waals surface area contributed by atoms with Crippen molar-refractivity contribution in [2.24, 2.45) is 5.92 Å². The van der Waals surface area contributed by atoms with Crippen LogP contribution in [-0.2, 0) is 4.74 Å². The van der Waals surface area contributed by atoms with Gasteiger partial charge in [0.25, 0.3) is 5.91 Å². The first-order chi connectivity index (χ1) is 15.7. The topological polar surface area (TPSA) is 73.9 Å². The van der Waals surface area contributed by atoms with Crippen LogP contribution in [0.15, 0.2) is 24.3 Å². The molecule has 0 atom stereocenters. The predicted octanol–water partition coefficient (Wildman–Crippen LogP) is 4.16. The van der Waals surface area contributed by atoms with Crippen LogP contribution in [-0.4, -0.2) is 66.8 Å². The molecule has 2 saturated heterocycles. The van der Waals surface area contributed by atoms with E-state index in [1.54, 1.807) is 0 Å². The van der Waals surface area contributed by atoms with Gasteiger partial charge in [0.2, 0.25) is 0 Å². The lowest BCUT2D eigenvalue weighted by Gasteiger charge is -2.35. The predicted molar refractivity (Wildman–Crippen MR) is 131 cm³/mol. The maximum Gasteiger partial charge on any atom is 0.429 e. The Morgan fingerprint density at radius 2 is 1.73 bits per heavy atom. The molecule has 3 rings (SSSR count). The SMILES string of the molecule is CCCN(NC(=O)c1ccc(C2CCN(CC3CCNCC3)CC2)cc1)C(=O)OC(C)(C)C. The summed E-state index contributed by atoms with van der Waals surface area (Å²) in [5.74, 6) is 1.09. The molecule has 0 saturated carbocycles. The number of carbonyl (C=O) groups is 2. The molecule has 0 spiro atoms. The van der Waals surface area contributed by atoms with Gasteiger partial charge in [-0.3, -0.25) is 10.2 Å². The Hall–Kier alpha value is -2.12. The minimum Gasteiger partial charge on any atom is -0.442 e. The third kappa shape index (κ3) is 8.00. The van der Waals surface area contributed by atoms with Gasteiger partial charge in [0.1, 0.15) is 5.60 Å². The maximum atomic E-state index is 12.7. The maximum absolute atomic E-state index is 12.7. The minimum absolute atomic E-state index is 0.294. The van der Waals surface area contributed by atoms with Crippen molar-refractivity contribution in [2.75, 3.05) is 39.3 Å². The van der Waals surface area contributed by atoms with Crippen LogP contribution in [0.5, 0.6) is 0 Å². The third-order valence-electron chi connectivity index (χ3n) is 6.50. The number of nitrogens with zero attached hydrogens (tertiary/aromatic N) is 2. The third-order valence-corrected chi connectivity index (χ3v) is 6.50. The van der Waals surface area contributed by atoms with E-state index in [0.29, 0.717) is 18.0 Å². The Balaban J connectivity index is 1.50. The first kappa shape index (κ1) is 25.5. The summed E-state index contributed by atoms with van der Waals surface area (Å²) in [7, 11) is 0. The largest absolute Gasteiger partial charge is 0.442 e. The molecular weight excluding hydrogens is 416 g/mol. The smallest absolute Gasteiger partial charge is 0.429 e. The van der Waals surface area contributed by atoms with Crippen LogP contribution >= 0.6 is 0 Å². The molecule has 2 amide bonds. The molecule has 0 bridgehead atoms. The second-order valence-electron chi connectivity index (χ2n) is 10.5. The Morgan fingerprint density at radius 1 is 1.09 bits per heavy atom. The van der Waals surface area contributed by atoms with Gasteiger partial charge in [-0.15, -0.1) is 0 Å². The van der Waals surface area contributed by atoms with Crippen LogP contribution in [0, 0.1) is 5.92 Å². The van der Waals surface area contributed by atoms with E-state index in [0.717, 1.165) is 38.5 Å². The molecule has 2 N–H and O–H groups in total. The Bertz CT molecular complexity index is 761. The van der Waals surface area contributed by atoms with Crippen LogP contribution in [0.4, 0.5) is 4.79 Å². The average Bonchev–Trinajstić information content (AvgIpc) is 2.79. The summed E-state index contributed by atoms with van der Waals surface area (Å²) in [6, 6.07) is 7.87. The summed E-state index contributed by atoms with van der Waals surface area (Å²) in [5.41, 5.74) is 3.94. The van der Waals surface area contributed by atoms with E-state index >= 15 is 0 Å². The van der Waals surface area contributed by atoms with E-state index in [1.807, 2.05) is 39.8 Å². The second-order valence-corrected chi connectivity index (χ2v) is 10.5. The molecule has 1 aromatic carbocycles. The van der Waals surface area contributed by atoms with Gasteiger partial charge < -0.3 is 15.0 Å². The van der Waals surface area contributed by atoms with Gasteiger partial charge in [-0.2, -0.15) is 0 Å². The fourth-order valence-corrected chi connectivity index (χ4v) is 4.71. The number of likely N-dealkylation sites (tertiary alicyclic amines) is 1. The van der Waals surface area contributed by atoms with Gasteiger partial charge >= 0.3 is 6.09 Å². The zero-order chi connectivity index (χ0) is 23.8. The molecule has 2 aliphatic rings. The summed E-state index contributed by atoms with van der Waals surface area (Å²) < 4.78 is 5.41. The van der Waals surface area contributed by atoms with E-state index in [-0.39, 0.29) is 5.91 Å². The Kier molecular flexibility index (Phi) is 9.15. The molecule has 2 fully saturated rings. The van der Waals surface area contributed by atoms with E-state index in [1.165, 1.54) is 42.8 Å². The monoisotopic (exact) mass is 458 g/mol. The lowest BCUT2D eigenvalue weighted by Crippen LogP contribution is -2.48. The van der Waals surface area contributed by atoms with Crippen molar-refractivity contribution in [2.45, 2.75) is 71.3 Å². The summed E-state index contributed by atoms with van der Waals surface area (Å²) in [5, 5.41) is 4.71. The average molecular weight is 459 g/mol. The van der Waals surface area contributed by atoms with Crippen molar-refractivity contribution >= 4 is 12.0 Å². The molecule has 0 unspecified atom stereocenters. The van der Waals surface area contributed by atoms with E-state index in [2.05, 4.69) is 27.8 Å². The number of ether oxygens (including phenoxy) is 1. The number of amides is 2. The molecular formula is C26H42N4O3. The molecule has 33 heavy (non-hydrogen) atoms. The Morgan fingerprint density at radius 3 is 2.30 bits per heavy atom. The van der Waals surface area contributed by atoms with Crippen molar-refractivity contribution in [3.05, 3.63) is 35.4 Å². The highest BCUT2D eigenvalue weighted by Crippen LogP contribution is 2.29. The molecule has 2 heterocycles. The van der Waals surface area contributed by atoms with Crippen LogP contribution in [0.25, 0.3) is 0 Å². The first-order valence-electron chi connectivity index (χ1n) is 12.6. The second kappa shape index (κ2) is 11.8. The minimum atomic E-state index is -0.612. The number of hydrazine groups is 1. The van der Waals surface area contributed by atoms with E-state index in [4.69, 9.17) is 4.74 Å². The molecule has 0 radical (unpaired) electrons. The summed E-state index contributed by atoms with van der Waals surface area (Å²) >= 11 is 0. The quantitative estimate of drug-likeness (QED) is 0.626. The highest BCUT2D eigenvalue weighted by molar-refractivity contribution is 5.95. The van der Waals surface area contributed by atoms with E-state index in [9.17, 15) is 9.59 Å². The molecule has 2 aliphatic heterocycles.